The van der Waals surface area contributed by atoms with E-state index < -0.39 is 66.9 Å². The highest BCUT2D eigenvalue weighted by Crippen LogP contribution is 2.48. The van der Waals surface area contributed by atoms with Gasteiger partial charge in [-0.15, -0.1) is 0 Å². The van der Waals surface area contributed by atoms with Crippen molar-refractivity contribution in [1.29, 1.82) is 0 Å². The summed E-state index contributed by atoms with van der Waals surface area (Å²) < 4.78 is 108. The molecule has 4 fully saturated rings. The number of carbonyl (C=O) groups is 2. The summed E-state index contributed by atoms with van der Waals surface area (Å²) in [6.07, 6.45) is 17.0. The molecule has 6 aliphatic heterocycles. The smallest absolute Gasteiger partial charge is 0.277 e. The lowest BCUT2D eigenvalue weighted by Crippen LogP contribution is -2.47. The quantitative estimate of drug-likeness (QED) is 0.0305. The molecule has 30 nitrogen and oxygen atoms in total. The van der Waals surface area contributed by atoms with E-state index in [4.69, 9.17) is 46.9 Å². The Kier molecular flexibility index (Phi) is 27.6. The molecule has 0 saturated carbocycles. The number of morpholine rings is 1. The van der Waals surface area contributed by atoms with E-state index in [1.165, 1.54) is 64.0 Å². The fraction of sp³-hybridized carbons (Fsp3) is 0.423. The zero-order valence-electron chi connectivity index (χ0n) is 74.6. The lowest BCUT2D eigenvalue weighted by atomic mass is 9.72. The number of sulfonamides is 2. The number of ether oxygens (including phenoxy) is 5. The number of aromatic amines is 2. The second-order valence-electron chi connectivity index (χ2n) is 37.4. The Bertz CT molecular complexity index is 6490. The maximum atomic E-state index is 14.1. The van der Waals surface area contributed by atoms with Crippen LogP contribution >= 0.6 is 23.2 Å². The van der Waals surface area contributed by atoms with Gasteiger partial charge in [0.15, 0.2) is 0 Å². The number of carbonyl (C=O) groups excluding carboxylic acids is 2. The Morgan fingerprint density at radius 2 is 1.04 bits per heavy atom. The van der Waals surface area contributed by atoms with Crippen molar-refractivity contribution in [2.45, 2.75) is 128 Å². The molecule has 0 unspecified atom stereocenters. The molecule has 10 aromatic rings. The number of amides is 2. The van der Waals surface area contributed by atoms with Crippen molar-refractivity contribution in [3.05, 3.63) is 233 Å². The molecule has 132 heavy (non-hydrogen) atoms. The highest BCUT2D eigenvalue weighted by atomic mass is 35.5. The number of fused-ring (bicyclic) bond motifs is 4. The largest absolute Gasteiger partial charge is 0.493 e. The molecule has 6 aromatic carbocycles. The number of halogens is 2. The average Bonchev–Trinajstić information content (AvgIpc) is 0.853. The second-order valence-corrected chi connectivity index (χ2v) is 44.3. The number of pyridine rings is 2. The van der Waals surface area contributed by atoms with E-state index in [9.17, 15) is 50.9 Å². The number of nitro benzene ring substituents is 2. The van der Waals surface area contributed by atoms with Crippen LogP contribution in [-0.2, 0) is 47.4 Å². The van der Waals surface area contributed by atoms with Gasteiger partial charge in [-0.25, -0.2) is 44.8 Å². The minimum atomic E-state index is -4.66. The van der Waals surface area contributed by atoms with Gasteiger partial charge in [-0.05, 0) is 189 Å². The lowest BCUT2D eigenvalue weighted by molar-refractivity contribution is -0.386. The third-order valence-electron chi connectivity index (χ3n) is 26.5. The van der Waals surface area contributed by atoms with E-state index >= 15 is 0 Å². The second kappa shape index (κ2) is 39.3. The number of hydrogen-bond acceptors (Lipinski definition) is 24. The standard InChI is InChI=1S/C49H56ClN7O8S2.C48H54ClN7O8S/c1-49(2)15-12-36(43(29-49)34-6-8-37(50)9-7-34)31-55-18-20-56(21-19-55)38-10-11-41(46(26-38)65-39-25-35-14-16-51-47(35)52-30-39)48(58)54-67(62,63)40-27-44(57(59)60)42-24-33(32-64-45(42)28-40)13-17-53-66(61)22-4-3-5-23-66;1-31-27-54(18-19-62-31)28-32-20-41-43(56(58)59)23-39(24-44(41)63-30-32)65(60,61)52-47(57)40-9-8-37(22-45(40)64-38-21-34-11-13-50-46(34)51-26-38)55-16-14-53(15-17-55)29-35-10-12-48(2,3)25-42(35)33-4-6-36(49)7-5-33/h6-11,14,16,25-28,30,33H,3-5,12-13,15,17-24,29,31-32H2,1-2H3,(H,51,52)(H,54,58);4-9,11,13,21-24,26,31-32H,10,12,14-20,25,27-30H2,1-3H3,(H,50,51)(H,52,57)/t33-;31-,32+/m10/s1. The van der Waals surface area contributed by atoms with Crippen molar-refractivity contribution in [2.75, 3.05) is 133 Å². The SMILES string of the molecule is CC1(C)CCC(CN2CCN(c3ccc(C(=O)NS(=O)(=O)c4cc5c(c([N+](=O)[O-])c4)C[C@@H](CCN=S4(=O)CCCCC4)CO5)c(Oc4cnc5[nH]ccc5c4)c3)CC2)=C(c2ccc(Cl)cc2)C1.C[C@H]1CN(C[C@@H]2COc3cc(S(=O)(=O)NC(=O)c4ccc(N5CCN(CC6=C(c7ccc(Cl)cc7)CC(C)(C)CC6)CC5)cc4Oc4cnc5[nH]ccc5c4)cc([N+](=O)[O-])c3C2)CCO1. The molecule has 0 spiro atoms. The number of anilines is 2. The first-order chi connectivity index (χ1) is 63.3. The molecule has 4 saturated heterocycles. The number of piperazine rings is 2. The Labute approximate surface area is 778 Å². The number of nitro groups is 2. The predicted molar refractivity (Wildman–Crippen MR) is 511 cm³/mol. The molecular weight excluding hydrogens is 1780 g/mol. The van der Waals surface area contributed by atoms with Crippen molar-refractivity contribution in [2.24, 2.45) is 27.0 Å². The zero-order chi connectivity index (χ0) is 92.4. The lowest BCUT2D eigenvalue weighted by Gasteiger charge is -2.39. The summed E-state index contributed by atoms with van der Waals surface area (Å²) in [7, 11) is -11.5. The van der Waals surface area contributed by atoms with Crippen LogP contribution in [0.25, 0.3) is 33.2 Å². The fourth-order valence-electron chi connectivity index (χ4n) is 19.2. The zero-order valence-corrected chi connectivity index (χ0v) is 78.6. The molecule has 18 rings (SSSR count). The van der Waals surface area contributed by atoms with E-state index in [1.54, 1.807) is 54.9 Å². The first-order valence-corrected chi connectivity index (χ1v) is 50.8. The highest BCUT2D eigenvalue weighted by molar-refractivity contribution is 7.93. The van der Waals surface area contributed by atoms with Gasteiger partial charge in [0.25, 0.3) is 43.2 Å². The van der Waals surface area contributed by atoms with Crippen molar-refractivity contribution in [3.8, 4) is 34.5 Å². The van der Waals surface area contributed by atoms with Gasteiger partial charge in [-0.1, -0.05) is 92.7 Å². The molecule has 0 radical (unpaired) electrons. The molecule has 2 aliphatic carbocycles. The number of benzene rings is 6. The van der Waals surface area contributed by atoms with Crippen molar-refractivity contribution in [1.82, 2.24) is 44.1 Å². The van der Waals surface area contributed by atoms with E-state index in [2.05, 4.69) is 110 Å². The first-order valence-electron chi connectivity index (χ1n) is 45.2. The van der Waals surface area contributed by atoms with Gasteiger partial charge < -0.3 is 43.5 Å². The summed E-state index contributed by atoms with van der Waals surface area (Å²) in [5, 5.41) is 27.8. The number of H-pyrrole nitrogens is 2. The summed E-state index contributed by atoms with van der Waals surface area (Å²) in [6, 6.07) is 38.1. The molecule has 35 heteroatoms. The number of nitrogens with zero attached hydrogens (tertiary/aromatic N) is 10. The molecule has 4 N–H and O–H groups in total. The number of nitrogens with one attached hydrogen (secondary N) is 4. The third-order valence-corrected chi connectivity index (χ3v) is 32.2. The van der Waals surface area contributed by atoms with Gasteiger partial charge >= 0.3 is 0 Å². The van der Waals surface area contributed by atoms with Gasteiger partial charge in [-0.2, -0.15) is 0 Å². The predicted octanol–water partition coefficient (Wildman–Crippen LogP) is 17.5. The molecular formula is C97H110Cl2N14O16S3. The van der Waals surface area contributed by atoms with Crippen LogP contribution in [0.3, 0.4) is 0 Å². The number of aromatic nitrogens is 4. The van der Waals surface area contributed by atoms with Gasteiger partial charge in [0.1, 0.15) is 45.8 Å². The van der Waals surface area contributed by atoms with Crippen LogP contribution in [0, 0.1) is 42.9 Å². The van der Waals surface area contributed by atoms with Gasteiger partial charge in [0, 0.05) is 200 Å². The molecule has 8 aliphatic rings. The first kappa shape index (κ1) is 92.8. The summed E-state index contributed by atoms with van der Waals surface area (Å²) in [5.74, 6) is 0.174. The van der Waals surface area contributed by atoms with Gasteiger partial charge in [0.05, 0.1) is 80.2 Å². The van der Waals surface area contributed by atoms with Crippen LogP contribution in [0.5, 0.6) is 34.5 Å². The van der Waals surface area contributed by atoms with E-state index in [0.29, 0.717) is 85.5 Å². The third kappa shape index (κ3) is 22.1. The molecule has 4 aromatic heterocycles. The molecule has 3 atom stereocenters. The fourth-order valence-corrected chi connectivity index (χ4v) is 23.7. The maximum absolute atomic E-state index is 14.1. The van der Waals surface area contributed by atoms with Crippen molar-refractivity contribution >= 4 is 121 Å². The van der Waals surface area contributed by atoms with Crippen LogP contribution in [-0.4, -0.2) is 206 Å². The monoisotopic (exact) mass is 1890 g/mol. The average molecular weight is 1900 g/mol. The number of hydrogen-bond donors (Lipinski definition) is 4. The Hall–Kier alpha value is -11.0. The van der Waals surface area contributed by atoms with Crippen LogP contribution in [0.4, 0.5) is 22.7 Å². The highest BCUT2D eigenvalue weighted by Gasteiger charge is 2.39. The molecule has 696 valence electrons. The Morgan fingerprint density at radius 1 is 0.583 bits per heavy atom. The van der Waals surface area contributed by atoms with Crippen LogP contribution < -0.4 is 38.2 Å². The molecule has 2 amide bonds. The van der Waals surface area contributed by atoms with Gasteiger partial charge in [-0.3, -0.25) is 44.5 Å². The normalized spacial score (nSPS) is 20.1. The van der Waals surface area contributed by atoms with Crippen molar-refractivity contribution < 1.29 is 64.2 Å². The minimum Gasteiger partial charge on any atom is -0.493 e. The van der Waals surface area contributed by atoms with E-state index in [-0.39, 0.29) is 93.8 Å². The molecule has 10 heterocycles. The minimum absolute atomic E-state index is 0.0342. The van der Waals surface area contributed by atoms with Crippen molar-refractivity contribution in [3.63, 3.8) is 0 Å². The van der Waals surface area contributed by atoms with Crippen LogP contribution in [0.1, 0.15) is 142 Å². The molecule has 0 bridgehead atoms. The topological polar surface area (TPSA) is 362 Å². The van der Waals surface area contributed by atoms with Crippen LogP contribution in [0.15, 0.2) is 184 Å². The van der Waals surface area contributed by atoms with Crippen LogP contribution in [0.2, 0.25) is 10.0 Å². The Balaban J connectivity index is 0.000000184. The summed E-state index contributed by atoms with van der Waals surface area (Å²) in [6.45, 7) is 22.8. The Morgan fingerprint density at radius 3 is 1.49 bits per heavy atom. The number of rotatable bonds is 25. The van der Waals surface area contributed by atoms with E-state index in [0.717, 1.165) is 168 Å². The summed E-state index contributed by atoms with van der Waals surface area (Å²) in [4.78, 5) is 77.4. The van der Waals surface area contributed by atoms with Gasteiger partial charge in [0.2, 0.25) is 0 Å². The van der Waals surface area contributed by atoms with E-state index in [1.807, 2.05) is 43.3 Å². The number of allylic oxidation sites excluding steroid dienone is 2. The summed E-state index contributed by atoms with van der Waals surface area (Å²) >= 11 is 12.5. The summed E-state index contributed by atoms with van der Waals surface area (Å²) in [5.41, 5.74) is 11.2. The maximum Gasteiger partial charge on any atom is 0.277 e.